The van der Waals surface area contributed by atoms with Gasteiger partial charge in [-0.3, -0.25) is 4.79 Å². The molecule has 3 aliphatic carbocycles. The van der Waals surface area contributed by atoms with Crippen LogP contribution in [-0.4, -0.2) is 22.3 Å². The third-order valence-electron chi connectivity index (χ3n) is 5.22. The highest BCUT2D eigenvalue weighted by Crippen LogP contribution is 2.65. The van der Waals surface area contributed by atoms with E-state index in [1.807, 2.05) is 0 Å². The molecule has 86 valence electrons. The molecule has 0 radical (unpaired) electrons. The van der Waals surface area contributed by atoms with Crippen LogP contribution in [0.5, 0.6) is 0 Å². The molecule has 3 atom stereocenters. The van der Waals surface area contributed by atoms with E-state index in [2.05, 4.69) is 20.8 Å². The molecule has 15 heavy (non-hydrogen) atoms. The van der Waals surface area contributed by atoms with E-state index < -0.39 is 17.5 Å². The zero-order valence-corrected chi connectivity index (χ0v) is 9.71. The first-order chi connectivity index (χ1) is 6.74. The normalized spacial score (nSPS) is 47.9. The van der Waals surface area contributed by atoms with Gasteiger partial charge in [0.1, 0.15) is 0 Å². The van der Waals surface area contributed by atoms with Crippen molar-refractivity contribution >= 4 is 5.97 Å². The fourth-order valence-electron chi connectivity index (χ4n) is 3.63. The summed E-state index contributed by atoms with van der Waals surface area (Å²) in [5.74, 6) is -0.726. The smallest absolute Gasteiger partial charge is 0.309 e. The summed E-state index contributed by atoms with van der Waals surface area (Å²) >= 11 is 0. The van der Waals surface area contributed by atoms with Crippen LogP contribution >= 0.6 is 0 Å². The SMILES string of the molecule is CC1(C)C[C@]2(C(=O)O)CC[C@@]1(C)[C@@H](O)C2. The van der Waals surface area contributed by atoms with Gasteiger partial charge >= 0.3 is 5.97 Å². The van der Waals surface area contributed by atoms with Gasteiger partial charge < -0.3 is 10.2 Å². The summed E-state index contributed by atoms with van der Waals surface area (Å²) in [6.45, 7) is 6.28. The molecular weight excluding hydrogens is 192 g/mol. The van der Waals surface area contributed by atoms with E-state index in [0.717, 1.165) is 12.8 Å². The second kappa shape index (κ2) is 2.76. The van der Waals surface area contributed by atoms with Crippen LogP contribution in [-0.2, 0) is 4.79 Å². The molecule has 3 aliphatic rings. The number of rotatable bonds is 1. The van der Waals surface area contributed by atoms with Crippen molar-refractivity contribution in [3.8, 4) is 0 Å². The number of carboxylic acids is 1. The first-order valence-corrected chi connectivity index (χ1v) is 5.65. The second-order valence-electron chi connectivity index (χ2n) is 6.28. The molecule has 0 unspecified atom stereocenters. The van der Waals surface area contributed by atoms with Gasteiger partial charge in [0.25, 0.3) is 0 Å². The summed E-state index contributed by atoms with van der Waals surface area (Å²) in [6.07, 6.45) is 2.21. The van der Waals surface area contributed by atoms with E-state index in [1.54, 1.807) is 0 Å². The van der Waals surface area contributed by atoms with Crippen molar-refractivity contribution in [2.45, 2.75) is 52.6 Å². The Morgan fingerprint density at radius 2 is 1.87 bits per heavy atom. The maximum atomic E-state index is 11.4. The van der Waals surface area contributed by atoms with Crippen LogP contribution < -0.4 is 0 Å². The Kier molecular flexibility index (Phi) is 2.01. The zero-order valence-electron chi connectivity index (χ0n) is 9.71. The quantitative estimate of drug-likeness (QED) is 0.699. The molecule has 0 aromatic heterocycles. The topological polar surface area (TPSA) is 57.5 Å². The lowest BCUT2D eigenvalue weighted by Gasteiger charge is -2.61. The molecule has 0 aliphatic heterocycles. The lowest BCUT2D eigenvalue weighted by molar-refractivity contribution is -0.201. The van der Waals surface area contributed by atoms with Crippen LogP contribution in [0.3, 0.4) is 0 Å². The van der Waals surface area contributed by atoms with Gasteiger partial charge in [0.2, 0.25) is 0 Å². The van der Waals surface area contributed by atoms with E-state index >= 15 is 0 Å². The predicted octanol–water partition coefficient (Wildman–Crippen LogP) is 2.04. The Hall–Kier alpha value is -0.570. The van der Waals surface area contributed by atoms with Crippen LogP contribution in [0.4, 0.5) is 0 Å². The molecule has 0 aromatic carbocycles. The summed E-state index contributed by atoms with van der Waals surface area (Å²) in [4.78, 5) is 11.4. The Balaban J connectivity index is 2.42. The van der Waals surface area contributed by atoms with Gasteiger partial charge in [-0.25, -0.2) is 0 Å². The van der Waals surface area contributed by atoms with Gasteiger partial charge in [-0.05, 0) is 36.5 Å². The molecular formula is C12H20O3. The molecule has 2 bridgehead atoms. The third-order valence-corrected chi connectivity index (χ3v) is 5.22. The van der Waals surface area contributed by atoms with E-state index in [4.69, 9.17) is 0 Å². The zero-order chi connectivity index (χ0) is 11.5. The van der Waals surface area contributed by atoms with E-state index in [1.165, 1.54) is 0 Å². The first-order valence-electron chi connectivity index (χ1n) is 5.65. The molecule has 0 amide bonds. The third kappa shape index (κ3) is 1.19. The van der Waals surface area contributed by atoms with Crippen molar-refractivity contribution in [3.05, 3.63) is 0 Å². The van der Waals surface area contributed by atoms with Gasteiger partial charge in [-0.2, -0.15) is 0 Å². The highest BCUT2D eigenvalue weighted by molar-refractivity contribution is 5.75. The second-order valence-corrected chi connectivity index (χ2v) is 6.28. The van der Waals surface area contributed by atoms with Crippen LogP contribution in [0.1, 0.15) is 46.5 Å². The number of aliphatic carboxylic acids is 1. The van der Waals surface area contributed by atoms with Crippen LogP contribution in [0.15, 0.2) is 0 Å². The number of fused-ring (bicyclic) bond motifs is 3. The van der Waals surface area contributed by atoms with Crippen LogP contribution in [0, 0.1) is 16.2 Å². The Morgan fingerprint density at radius 3 is 2.27 bits per heavy atom. The lowest BCUT2D eigenvalue weighted by Crippen LogP contribution is -2.61. The van der Waals surface area contributed by atoms with Gasteiger partial charge in [0.15, 0.2) is 0 Å². The minimum Gasteiger partial charge on any atom is -0.481 e. The molecule has 0 saturated heterocycles. The van der Waals surface area contributed by atoms with E-state index in [0.29, 0.717) is 12.8 Å². The molecule has 3 saturated carbocycles. The Labute approximate surface area is 90.5 Å². The van der Waals surface area contributed by atoms with Crippen molar-refractivity contribution < 1.29 is 15.0 Å². The molecule has 3 rings (SSSR count). The van der Waals surface area contributed by atoms with Gasteiger partial charge in [-0.1, -0.05) is 20.8 Å². The summed E-state index contributed by atoms with van der Waals surface area (Å²) in [5.41, 5.74) is -0.855. The first kappa shape index (κ1) is 10.9. The monoisotopic (exact) mass is 212 g/mol. The predicted molar refractivity (Wildman–Crippen MR) is 56.4 cm³/mol. The average Bonchev–Trinajstić information content (AvgIpc) is 2.08. The van der Waals surface area contributed by atoms with Crippen molar-refractivity contribution in [1.82, 2.24) is 0 Å². The fraction of sp³-hybridized carbons (Fsp3) is 0.917. The van der Waals surface area contributed by atoms with Gasteiger partial charge in [0.05, 0.1) is 11.5 Å². The highest BCUT2D eigenvalue weighted by Gasteiger charge is 2.63. The number of hydrogen-bond donors (Lipinski definition) is 2. The van der Waals surface area contributed by atoms with Crippen LogP contribution in [0.25, 0.3) is 0 Å². The molecule has 3 fully saturated rings. The molecule has 2 N–H and O–H groups in total. The molecule has 3 nitrogen and oxygen atoms in total. The number of aliphatic hydroxyl groups is 1. The number of carbonyl (C=O) groups is 1. The molecule has 3 heteroatoms. The Morgan fingerprint density at radius 1 is 1.27 bits per heavy atom. The van der Waals surface area contributed by atoms with Crippen molar-refractivity contribution in [1.29, 1.82) is 0 Å². The Bertz CT molecular complexity index is 310. The molecule has 0 heterocycles. The summed E-state index contributed by atoms with van der Waals surface area (Å²) < 4.78 is 0. The number of hydrogen-bond acceptors (Lipinski definition) is 2. The van der Waals surface area contributed by atoms with Gasteiger partial charge in [0, 0.05) is 0 Å². The summed E-state index contributed by atoms with van der Waals surface area (Å²) in [6, 6.07) is 0. The minimum atomic E-state index is -0.726. The standard InChI is InChI=1S/C12H20O3/c1-10(2)7-12(9(14)15)5-4-11(10,3)8(13)6-12/h8,13H,4-7H2,1-3H3,(H,14,15)/t8-,11-,12-/m0/s1. The largest absolute Gasteiger partial charge is 0.481 e. The van der Waals surface area contributed by atoms with Gasteiger partial charge in [-0.15, -0.1) is 0 Å². The average molecular weight is 212 g/mol. The van der Waals surface area contributed by atoms with Crippen molar-refractivity contribution in [2.75, 3.05) is 0 Å². The molecule has 0 spiro atoms. The van der Waals surface area contributed by atoms with Crippen LogP contribution in [0.2, 0.25) is 0 Å². The van der Waals surface area contributed by atoms with Crippen molar-refractivity contribution in [3.63, 3.8) is 0 Å². The minimum absolute atomic E-state index is 0.0820. The maximum absolute atomic E-state index is 11.4. The lowest BCUT2D eigenvalue weighted by atomic mass is 9.43. The molecule has 0 aromatic rings. The maximum Gasteiger partial charge on any atom is 0.309 e. The van der Waals surface area contributed by atoms with Crippen molar-refractivity contribution in [2.24, 2.45) is 16.2 Å². The summed E-state index contributed by atoms with van der Waals surface area (Å²) in [7, 11) is 0. The number of carboxylic acid groups (broad SMARTS) is 1. The summed E-state index contributed by atoms with van der Waals surface area (Å²) in [5, 5.41) is 19.5. The fourth-order valence-corrected chi connectivity index (χ4v) is 3.63. The van der Waals surface area contributed by atoms with E-state index in [9.17, 15) is 15.0 Å². The van der Waals surface area contributed by atoms with E-state index in [-0.39, 0.29) is 10.8 Å². The highest BCUT2D eigenvalue weighted by atomic mass is 16.4. The number of aliphatic hydroxyl groups excluding tert-OH is 1.